The molecular weight excluding hydrogens is 335 g/mol. The molecule has 0 atom stereocenters. The number of hydrogen-bond donors (Lipinski definition) is 0. The Morgan fingerprint density at radius 1 is 1.00 bits per heavy atom. The van der Waals surface area contributed by atoms with E-state index in [2.05, 4.69) is 79.8 Å². The summed E-state index contributed by atoms with van der Waals surface area (Å²) < 4.78 is 7.17. The van der Waals surface area contributed by atoms with Crippen LogP contribution in [0, 0.1) is 24.3 Å². The Labute approximate surface area is 122 Å². The summed E-state index contributed by atoms with van der Waals surface area (Å²) in [5, 5.41) is 0. The van der Waals surface area contributed by atoms with E-state index in [4.69, 9.17) is 4.74 Å². The maximum Gasteiger partial charge on any atom is 0.123 e. The highest BCUT2D eigenvalue weighted by Crippen LogP contribution is 2.24. The second-order valence-electron chi connectivity index (χ2n) is 4.62. The molecule has 2 aromatic rings. The molecule has 0 aliphatic rings. The lowest BCUT2D eigenvalue weighted by Gasteiger charge is -2.12. The summed E-state index contributed by atoms with van der Waals surface area (Å²) in [5.41, 5.74) is 4.96. The van der Waals surface area contributed by atoms with Crippen LogP contribution in [-0.4, -0.2) is 0 Å². The lowest BCUT2D eigenvalue weighted by atomic mass is 10.1. The van der Waals surface area contributed by atoms with Crippen LogP contribution in [0.25, 0.3) is 0 Å². The third-order valence-corrected chi connectivity index (χ3v) is 3.79. The highest BCUT2D eigenvalue weighted by atomic mass is 127. The van der Waals surface area contributed by atoms with Crippen LogP contribution < -0.4 is 4.74 Å². The van der Waals surface area contributed by atoms with E-state index in [1.165, 1.54) is 25.8 Å². The first-order chi connectivity index (χ1) is 8.56. The van der Waals surface area contributed by atoms with Gasteiger partial charge in [0.05, 0.1) is 0 Å². The van der Waals surface area contributed by atoms with Crippen molar-refractivity contribution < 1.29 is 4.74 Å². The minimum Gasteiger partial charge on any atom is -0.489 e. The van der Waals surface area contributed by atoms with Crippen LogP contribution in [0.3, 0.4) is 0 Å². The van der Waals surface area contributed by atoms with E-state index in [9.17, 15) is 0 Å². The molecule has 18 heavy (non-hydrogen) atoms. The summed E-state index contributed by atoms with van der Waals surface area (Å²) in [4.78, 5) is 0. The number of rotatable bonds is 3. The molecule has 0 aliphatic heterocycles. The molecule has 0 amide bonds. The van der Waals surface area contributed by atoms with Gasteiger partial charge in [0.15, 0.2) is 0 Å². The van der Waals surface area contributed by atoms with Crippen molar-refractivity contribution in [1.29, 1.82) is 0 Å². The van der Waals surface area contributed by atoms with E-state index >= 15 is 0 Å². The molecule has 0 fully saturated rings. The molecule has 2 aromatic carbocycles. The summed E-state index contributed by atoms with van der Waals surface area (Å²) in [5.74, 6) is 0.992. The Kier molecular flexibility index (Phi) is 4.27. The number of hydrogen-bond acceptors (Lipinski definition) is 1. The summed E-state index contributed by atoms with van der Waals surface area (Å²) in [6, 6.07) is 12.7. The molecule has 0 heterocycles. The van der Waals surface area contributed by atoms with Gasteiger partial charge in [-0.1, -0.05) is 18.2 Å². The van der Waals surface area contributed by atoms with Crippen LogP contribution in [0.1, 0.15) is 22.3 Å². The van der Waals surface area contributed by atoms with Crippen molar-refractivity contribution in [3.05, 3.63) is 62.2 Å². The van der Waals surface area contributed by atoms with Crippen molar-refractivity contribution in [2.75, 3.05) is 0 Å². The van der Waals surface area contributed by atoms with Gasteiger partial charge in [-0.3, -0.25) is 0 Å². The van der Waals surface area contributed by atoms with Gasteiger partial charge in [-0.15, -0.1) is 0 Å². The molecule has 0 saturated heterocycles. The largest absolute Gasteiger partial charge is 0.489 e. The molecule has 94 valence electrons. The maximum atomic E-state index is 5.92. The highest BCUT2D eigenvalue weighted by molar-refractivity contribution is 14.1. The molecule has 1 nitrogen and oxygen atoms in total. The number of aryl methyl sites for hydroxylation is 2. The zero-order valence-electron chi connectivity index (χ0n) is 11.0. The molecule has 0 N–H and O–H groups in total. The van der Waals surface area contributed by atoms with E-state index in [1.54, 1.807) is 0 Å². The van der Waals surface area contributed by atoms with E-state index < -0.39 is 0 Å². The molecular formula is C16H17IO. The second-order valence-corrected chi connectivity index (χ2v) is 5.87. The molecule has 2 rings (SSSR count). The SMILES string of the molecule is Cc1cc(C)c(C)c(OCc2ccc(I)cc2)c1. The first-order valence-electron chi connectivity index (χ1n) is 6.01. The first-order valence-corrected chi connectivity index (χ1v) is 7.09. The number of benzene rings is 2. The zero-order valence-corrected chi connectivity index (χ0v) is 13.1. The van der Waals surface area contributed by atoms with Crippen LogP contribution >= 0.6 is 22.6 Å². The lowest BCUT2D eigenvalue weighted by molar-refractivity contribution is 0.303. The van der Waals surface area contributed by atoms with Gasteiger partial charge in [-0.2, -0.15) is 0 Å². The van der Waals surface area contributed by atoms with Gasteiger partial charge in [-0.05, 0) is 83.8 Å². The van der Waals surface area contributed by atoms with Gasteiger partial charge in [0.2, 0.25) is 0 Å². The summed E-state index contributed by atoms with van der Waals surface area (Å²) in [7, 11) is 0. The fourth-order valence-electron chi connectivity index (χ4n) is 1.89. The highest BCUT2D eigenvalue weighted by Gasteiger charge is 2.04. The monoisotopic (exact) mass is 352 g/mol. The van der Waals surface area contributed by atoms with Gasteiger partial charge >= 0.3 is 0 Å². The lowest BCUT2D eigenvalue weighted by Crippen LogP contribution is -1.98. The minimum atomic E-state index is 0.626. The predicted octanol–water partition coefficient (Wildman–Crippen LogP) is 4.80. The Hall–Kier alpha value is -1.03. The Morgan fingerprint density at radius 3 is 2.33 bits per heavy atom. The van der Waals surface area contributed by atoms with E-state index in [-0.39, 0.29) is 0 Å². The summed E-state index contributed by atoms with van der Waals surface area (Å²) >= 11 is 2.31. The average Bonchev–Trinajstić information content (AvgIpc) is 2.34. The summed E-state index contributed by atoms with van der Waals surface area (Å²) in [6.07, 6.45) is 0. The van der Waals surface area contributed by atoms with Gasteiger partial charge in [-0.25, -0.2) is 0 Å². The number of ether oxygens (including phenoxy) is 1. The Morgan fingerprint density at radius 2 is 1.67 bits per heavy atom. The molecule has 0 spiro atoms. The van der Waals surface area contributed by atoms with Crippen LogP contribution in [0.2, 0.25) is 0 Å². The van der Waals surface area contributed by atoms with Crippen LogP contribution in [-0.2, 0) is 6.61 Å². The fourth-order valence-corrected chi connectivity index (χ4v) is 2.25. The van der Waals surface area contributed by atoms with Crippen LogP contribution in [0.15, 0.2) is 36.4 Å². The molecule has 0 aromatic heterocycles. The van der Waals surface area contributed by atoms with Gasteiger partial charge in [0.25, 0.3) is 0 Å². The van der Waals surface area contributed by atoms with Crippen LogP contribution in [0.4, 0.5) is 0 Å². The molecule has 0 unspecified atom stereocenters. The minimum absolute atomic E-state index is 0.626. The standard InChI is InChI=1S/C16H17IO/c1-11-8-12(2)13(3)16(9-11)18-10-14-4-6-15(17)7-5-14/h4-9H,10H2,1-3H3. The van der Waals surface area contributed by atoms with Crippen molar-refractivity contribution in [2.45, 2.75) is 27.4 Å². The fraction of sp³-hybridized carbons (Fsp3) is 0.250. The van der Waals surface area contributed by atoms with Crippen LogP contribution in [0.5, 0.6) is 5.75 Å². The molecule has 0 radical (unpaired) electrons. The van der Waals surface area contributed by atoms with E-state index in [0.717, 1.165) is 5.75 Å². The van der Waals surface area contributed by atoms with Gasteiger partial charge in [0, 0.05) is 3.57 Å². The van der Waals surface area contributed by atoms with Crippen molar-refractivity contribution in [1.82, 2.24) is 0 Å². The smallest absolute Gasteiger partial charge is 0.123 e. The van der Waals surface area contributed by atoms with E-state index in [1.807, 2.05) is 0 Å². The summed E-state index contributed by atoms with van der Waals surface area (Å²) in [6.45, 7) is 6.96. The number of halogens is 1. The zero-order chi connectivity index (χ0) is 13.1. The third-order valence-electron chi connectivity index (χ3n) is 3.07. The molecule has 0 aliphatic carbocycles. The van der Waals surface area contributed by atoms with E-state index in [0.29, 0.717) is 6.61 Å². The Bertz CT molecular complexity index is 544. The quantitative estimate of drug-likeness (QED) is 0.722. The normalized spacial score (nSPS) is 10.4. The van der Waals surface area contributed by atoms with Gasteiger partial charge in [0.1, 0.15) is 12.4 Å². The van der Waals surface area contributed by atoms with Crippen molar-refractivity contribution in [3.8, 4) is 5.75 Å². The average molecular weight is 352 g/mol. The van der Waals surface area contributed by atoms with Gasteiger partial charge < -0.3 is 4.74 Å². The second kappa shape index (κ2) is 5.74. The first kappa shape index (κ1) is 13.4. The third kappa shape index (κ3) is 3.25. The molecule has 2 heteroatoms. The predicted molar refractivity (Wildman–Crippen MR) is 84.1 cm³/mol. The van der Waals surface area contributed by atoms with Crippen molar-refractivity contribution in [2.24, 2.45) is 0 Å². The van der Waals surface area contributed by atoms with Crippen molar-refractivity contribution in [3.63, 3.8) is 0 Å². The van der Waals surface area contributed by atoms with Crippen molar-refractivity contribution >= 4 is 22.6 Å². The topological polar surface area (TPSA) is 9.23 Å². The maximum absolute atomic E-state index is 5.92. The molecule has 0 saturated carbocycles. The Balaban J connectivity index is 2.13. The molecule has 0 bridgehead atoms.